The zero-order valence-corrected chi connectivity index (χ0v) is 18.7. The molecule has 0 bridgehead atoms. The second kappa shape index (κ2) is 11.0. The molecule has 0 aliphatic carbocycles. The first kappa shape index (κ1) is 23.6. The molecule has 0 aliphatic heterocycles. The number of rotatable bonds is 10. The van der Waals surface area contributed by atoms with Crippen LogP contribution in [0.1, 0.15) is 25.5 Å². The van der Waals surface area contributed by atoms with Gasteiger partial charge in [0.25, 0.3) is 0 Å². The minimum absolute atomic E-state index is 0.103. The Kier molecular flexibility index (Phi) is 7.85. The number of H-pyrrole nitrogens is 1. The van der Waals surface area contributed by atoms with Crippen LogP contribution in [0.4, 0.5) is 5.69 Å². The van der Waals surface area contributed by atoms with E-state index < -0.39 is 11.5 Å². The Morgan fingerprint density at radius 1 is 1.03 bits per heavy atom. The number of esters is 1. The number of hydrogen-bond acceptors (Lipinski definition) is 7. The summed E-state index contributed by atoms with van der Waals surface area (Å²) in [4.78, 5) is 28.2. The molecule has 0 spiro atoms. The first-order valence-electron chi connectivity index (χ1n) is 10.4. The smallest absolute Gasteiger partial charge is 0.406 e. The van der Waals surface area contributed by atoms with Crippen molar-refractivity contribution in [3.8, 4) is 17.2 Å². The molecule has 1 N–H and O–H groups in total. The minimum atomic E-state index is -0.673. The predicted octanol–water partition coefficient (Wildman–Crippen LogP) is 1.25. The molecule has 0 amide bonds. The molecule has 0 unspecified atom stereocenters. The third-order valence-electron chi connectivity index (χ3n) is 4.81. The highest BCUT2D eigenvalue weighted by atomic mass is 16.5. The standard InChI is InChI=1S/C23H26N4O6/c1-16(28)33-15-5-4-14-26-21(22(29)24-17-6-10-19(31-2)11-7-17)23(30)27(25-26)18-8-12-20(32-3)13-9-18/h6-13H,4-5,14-15H2,1-3H3,(H-,24,25,29,30). The van der Waals surface area contributed by atoms with E-state index in [1.807, 2.05) is 0 Å². The minimum Gasteiger partial charge on any atom is -0.855 e. The van der Waals surface area contributed by atoms with Crippen molar-refractivity contribution in [3.63, 3.8) is 0 Å². The van der Waals surface area contributed by atoms with Crippen molar-refractivity contribution < 1.29 is 28.8 Å². The van der Waals surface area contributed by atoms with Gasteiger partial charge in [0.05, 0.1) is 26.5 Å². The molecule has 1 aromatic heterocycles. The third kappa shape index (κ3) is 6.00. The van der Waals surface area contributed by atoms with Crippen molar-refractivity contribution in [1.29, 1.82) is 0 Å². The van der Waals surface area contributed by atoms with Crippen LogP contribution >= 0.6 is 0 Å². The van der Waals surface area contributed by atoms with Crippen molar-refractivity contribution >= 4 is 17.6 Å². The van der Waals surface area contributed by atoms with Gasteiger partial charge in [0.15, 0.2) is 5.69 Å². The summed E-state index contributed by atoms with van der Waals surface area (Å²) in [5.74, 6) is 0.250. The van der Waals surface area contributed by atoms with E-state index in [4.69, 9.17) is 14.2 Å². The van der Waals surface area contributed by atoms with Gasteiger partial charge < -0.3 is 19.3 Å². The summed E-state index contributed by atoms with van der Waals surface area (Å²) in [7, 11) is 3.10. The zero-order valence-electron chi connectivity index (χ0n) is 18.7. The fraction of sp³-hybridized carbons (Fsp3) is 0.304. The first-order valence-corrected chi connectivity index (χ1v) is 10.4. The molecule has 0 atom stereocenters. The quantitative estimate of drug-likeness (QED) is 0.162. The van der Waals surface area contributed by atoms with Gasteiger partial charge >= 0.3 is 11.5 Å². The Bertz CT molecular complexity index is 1160. The number of benzene rings is 2. The first-order chi connectivity index (χ1) is 15.9. The highest BCUT2D eigenvalue weighted by molar-refractivity contribution is 5.88. The number of unbranched alkanes of at least 4 members (excludes halogenated alkanes) is 1. The van der Waals surface area contributed by atoms with Crippen LogP contribution in [-0.4, -0.2) is 42.6 Å². The number of aryl methyl sites for hydroxylation is 1. The molecular weight excluding hydrogens is 428 g/mol. The van der Waals surface area contributed by atoms with Gasteiger partial charge in [-0.05, 0) is 61.4 Å². The van der Waals surface area contributed by atoms with Crippen molar-refractivity contribution in [2.75, 3.05) is 20.8 Å². The van der Waals surface area contributed by atoms with Crippen LogP contribution in [0.25, 0.3) is 5.69 Å². The van der Waals surface area contributed by atoms with E-state index in [2.05, 4.69) is 10.2 Å². The molecule has 0 radical (unpaired) electrons. The van der Waals surface area contributed by atoms with E-state index in [0.717, 1.165) is 0 Å². The number of carbonyl (C=O) groups excluding carboxylic acids is 1. The topological polar surface area (TPSA) is 122 Å². The normalized spacial score (nSPS) is 11.3. The Morgan fingerprint density at radius 3 is 2.21 bits per heavy atom. The number of aromatic nitrogens is 3. The Morgan fingerprint density at radius 2 is 1.64 bits per heavy atom. The van der Waals surface area contributed by atoms with Crippen LogP contribution in [0.3, 0.4) is 0 Å². The van der Waals surface area contributed by atoms with E-state index in [-0.39, 0.29) is 18.3 Å². The van der Waals surface area contributed by atoms with Crippen molar-refractivity contribution in [2.45, 2.75) is 26.3 Å². The molecule has 0 fully saturated rings. The lowest BCUT2D eigenvalue weighted by Crippen LogP contribution is -2.46. The molecule has 0 aliphatic rings. The van der Waals surface area contributed by atoms with Gasteiger partial charge in [-0.2, -0.15) is 4.68 Å². The maximum absolute atomic E-state index is 13.2. The molecule has 174 valence electrons. The Balaban J connectivity index is 1.93. The van der Waals surface area contributed by atoms with Crippen LogP contribution in [0.2, 0.25) is 0 Å². The summed E-state index contributed by atoms with van der Waals surface area (Å²) in [6.45, 7) is 1.94. The van der Waals surface area contributed by atoms with Crippen molar-refractivity contribution in [1.82, 2.24) is 9.90 Å². The lowest BCUT2D eigenvalue weighted by atomic mass is 10.3. The van der Waals surface area contributed by atoms with Crippen LogP contribution in [-0.2, 0) is 16.1 Å². The van der Waals surface area contributed by atoms with E-state index in [0.29, 0.717) is 42.3 Å². The summed E-state index contributed by atoms with van der Waals surface area (Å²) in [6, 6.07) is 13.5. The third-order valence-corrected chi connectivity index (χ3v) is 4.81. The van der Waals surface area contributed by atoms with Crippen LogP contribution in [0.5, 0.6) is 11.5 Å². The summed E-state index contributed by atoms with van der Waals surface area (Å²) in [6.07, 6.45) is 1.15. The van der Waals surface area contributed by atoms with E-state index in [1.54, 1.807) is 62.8 Å². The molecule has 10 heteroatoms. The average molecular weight is 454 g/mol. The van der Waals surface area contributed by atoms with Crippen LogP contribution < -0.4 is 24.8 Å². The van der Waals surface area contributed by atoms with Gasteiger partial charge in [0, 0.05) is 12.8 Å². The highest BCUT2D eigenvalue weighted by Crippen LogP contribution is 2.18. The number of aromatic amines is 1. The van der Waals surface area contributed by atoms with E-state index >= 15 is 0 Å². The Hall–Kier alpha value is -4.08. The molecule has 33 heavy (non-hydrogen) atoms. The lowest BCUT2D eigenvalue weighted by molar-refractivity contribution is -0.757. The Labute approximate surface area is 190 Å². The monoisotopic (exact) mass is 454 g/mol. The number of nitrogens with one attached hydrogen (secondary N) is 1. The number of ether oxygens (including phenoxy) is 3. The molecule has 10 nitrogen and oxygen atoms in total. The van der Waals surface area contributed by atoms with Crippen LogP contribution in [0, 0.1) is 0 Å². The van der Waals surface area contributed by atoms with Gasteiger partial charge in [-0.3, -0.25) is 9.79 Å². The van der Waals surface area contributed by atoms with E-state index in [9.17, 15) is 14.7 Å². The van der Waals surface area contributed by atoms with Crippen molar-refractivity contribution in [2.24, 2.45) is 4.99 Å². The summed E-state index contributed by atoms with van der Waals surface area (Å²) in [5, 5.41) is 16.0. The number of nitrogens with zero attached hydrogens (tertiary/aromatic N) is 3. The second-order valence-corrected chi connectivity index (χ2v) is 7.10. The predicted molar refractivity (Wildman–Crippen MR) is 118 cm³/mol. The SMILES string of the molecule is COc1ccc(N=C([O-])c2c(=O)n(-c3ccc(OC)cc3)[nH][n+]2CCCCOC(C)=O)cc1. The summed E-state index contributed by atoms with van der Waals surface area (Å²) in [5.41, 5.74) is 0.313. The van der Waals surface area contributed by atoms with Gasteiger partial charge in [-0.15, -0.1) is 0 Å². The fourth-order valence-electron chi connectivity index (χ4n) is 3.13. The van der Waals surface area contributed by atoms with Gasteiger partial charge in [-0.1, -0.05) is 9.90 Å². The molecular formula is C23H26N4O6. The summed E-state index contributed by atoms with van der Waals surface area (Å²) < 4.78 is 18.0. The zero-order chi connectivity index (χ0) is 23.8. The summed E-state index contributed by atoms with van der Waals surface area (Å²) >= 11 is 0. The average Bonchev–Trinajstić information content (AvgIpc) is 3.15. The molecule has 3 rings (SSSR count). The molecule has 0 saturated heterocycles. The molecule has 2 aromatic carbocycles. The van der Waals surface area contributed by atoms with Crippen LogP contribution in [0.15, 0.2) is 58.3 Å². The largest absolute Gasteiger partial charge is 0.855 e. The number of methoxy groups -OCH3 is 2. The fourth-order valence-corrected chi connectivity index (χ4v) is 3.13. The maximum atomic E-state index is 13.2. The maximum Gasteiger partial charge on any atom is 0.406 e. The second-order valence-electron chi connectivity index (χ2n) is 7.10. The number of hydrogen-bond donors (Lipinski definition) is 1. The molecule has 1 heterocycles. The number of carbonyl (C=O) groups is 1. The van der Waals surface area contributed by atoms with E-state index in [1.165, 1.54) is 16.3 Å². The highest BCUT2D eigenvalue weighted by Gasteiger charge is 2.23. The van der Waals surface area contributed by atoms with Gasteiger partial charge in [-0.25, -0.2) is 4.79 Å². The van der Waals surface area contributed by atoms with Gasteiger partial charge in [0.2, 0.25) is 5.69 Å². The van der Waals surface area contributed by atoms with Gasteiger partial charge in [0.1, 0.15) is 18.0 Å². The molecule has 3 aromatic rings. The van der Waals surface area contributed by atoms with Crippen molar-refractivity contribution in [3.05, 3.63) is 64.6 Å². The molecule has 0 saturated carbocycles. The lowest BCUT2D eigenvalue weighted by Gasteiger charge is -2.08. The number of aliphatic imine (C=N–C) groups is 1.